The van der Waals surface area contributed by atoms with Crippen LogP contribution in [0.2, 0.25) is 0 Å². The summed E-state index contributed by atoms with van der Waals surface area (Å²) in [5.74, 6) is 0.972. The highest BCUT2D eigenvalue weighted by atomic mass is 15.0. The molecule has 1 aromatic carbocycles. The van der Waals surface area contributed by atoms with E-state index in [9.17, 15) is 0 Å². The van der Waals surface area contributed by atoms with Gasteiger partial charge >= 0.3 is 0 Å². The Labute approximate surface area is 111 Å². The first kappa shape index (κ1) is 12.2. The zero-order chi connectivity index (χ0) is 12.4. The normalized spacial score (nSPS) is 31.3. The lowest BCUT2D eigenvalue weighted by Crippen LogP contribution is -2.40. The predicted octanol–water partition coefficient (Wildman–Crippen LogP) is 4.23. The molecule has 1 heterocycles. The van der Waals surface area contributed by atoms with E-state index in [-0.39, 0.29) is 0 Å². The lowest BCUT2D eigenvalue weighted by atomic mass is 9.86. The monoisotopic (exact) mass is 243 g/mol. The molecule has 0 bridgehead atoms. The van der Waals surface area contributed by atoms with Crippen LogP contribution in [0.3, 0.4) is 0 Å². The number of hydrogen-bond donors (Lipinski definition) is 1. The second-order valence-corrected chi connectivity index (χ2v) is 6.09. The minimum Gasteiger partial charge on any atom is -0.307 e. The van der Waals surface area contributed by atoms with Gasteiger partial charge in [0.25, 0.3) is 0 Å². The van der Waals surface area contributed by atoms with Crippen molar-refractivity contribution in [1.82, 2.24) is 5.32 Å². The molecular formula is C17H25N. The SMILES string of the molecule is CCCc1cccc(C2CCC3CCCC3N2)c1. The van der Waals surface area contributed by atoms with Crippen molar-refractivity contribution >= 4 is 0 Å². The molecule has 18 heavy (non-hydrogen) atoms. The van der Waals surface area contributed by atoms with Gasteiger partial charge in [-0.25, -0.2) is 0 Å². The van der Waals surface area contributed by atoms with Crippen LogP contribution < -0.4 is 5.32 Å². The van der Waals surface area contributed by atoms with Gasteiger partial charge < -0.3 is 5.32 Å². The predicted molar refractivity (Wildman–Crippen MR) is 76.7 cm³/mol. The van der Waals surface area contributed by atoms with Gasteiger partial charge in [0.2, 0.25) is 0 Å². The standard InChI is InChI=1S/C17H25N/c1-2-5-13-6-3-8-15(12-13)17-11-10-14-7-4-9-16(14)18-17/h3,6,8,12,14,16-18H,2,4-5,7,9-11H2,1H3. The van der Waals surface area contributed by atoms with Crippen LogP contribution in [0.1, 0.15) is 62.6 Å². The highest BCUT2D eigenvalue weighted by Crippen LogP contribution is 2.38. The summed E-state index contributed by atoms with van der Waals surface area (Å²) in [7, 11) is 0. The summed E-state index contributed by atoms with van der Waals surface area (Å²) in [4.78, 5) is 0. The molecule has 0 spiro atoms. The molecule has 98 valence electrons. The quantitative estimate of drug-likeness (QED) is 0.837. The van der Waals surface area contributed by atoms with E-state index in [1.807, 2.05) is 0 Å². The van der Waals surface area contributed by atoms with Gasteiger partial charge in [-0.1, -0.05) is 44.0 Å². The first-order valence-electron chi connectivity index (χ1n) is 7.71. The minimum atomic E-state index is 0.612. The van der Waals surface area contributed by atoms with E-state index in [4.69, 9.17) is 0 Å². The maximum Gasteiger partial charge on any atom is 0.0322 e. The van der Waals surface area contributed by atoms with Crippen LogP contribution in [0.5, 0.6) is 0 Å². The molecule has 1 nitrogen and oxygen atoms in total. The van der Waals surface area contributed by atoms with Crippen LogP contribution in [0.25, 0.3) is 0 Å². The minimum absolute atomic E-state index is 0.612. The third-order valence-corrected chi connectivity index (χ3v) is 4.79. The largest absolute Gasteiger partial charge is 0.307 e. The van der Waals surface area contributed by atoms with E-state index in [0.717, 1.165) is 12.0 Å². The second kappa shape index (κ2) is 5.44. The molecule has 3 rings (SSSR count). The Kier molecular flexibility index (Phi) is 3.69. The lowest BCUT2D eigenvalue weighted by molar-refractivity contribution is 0.261. The van der Waals surface area contributed by atoms with Crippen molar-refractivity contribution < 1.29 is 0 Å². The maximum atomic E-state index is 3.90. The fraction of sp³-hybridized carbons (Fsp3) is 0.647. The molecule has 1 saturated carbocycles. The Hall–Kier alpha value is -0.820. The van der Waals surface area contributed by atoms with Crippen LogP contribution in [0, 0.1) is 5.92 Å². The number of benzene rings is 1. The first-order valence-corrected chi connectivity index (χ1v) is 7.71. The van der Waals surface area contributed by atoms with E-state index in [1.165, 1.54) is 56.1 Å². The summed E-state index contributed by atoms with van der Waals surface area (Å²) in [6, 6.07) is 10.7. The van der Waals surface area contributed by atoms with Crippen LogP contribution in [0.4, 0.5) is 0 Å². The van der Waals surface area contributed by atoms with Crippen LogP contribution in [-0.4, -0.2) is 6.04 Å². The summed E-state index contributed by atoms with van der Waals surface area (Å²) < 4.78 is 0. The number of fused-ring (bicyclic) bond motifs is 1. The Morgan fingerprint density at radius 1 is 1.17 bits per heavy atom. The highest BCUT2D eigenvalue weighted by Gasteiger charge is 2.33. The van der Waals surface area contributed by atoms with Crippen molar-refractivity contribution in [2.75, 3.05) is 0 Å². The number of hydrogen-bond acceptors (Lipinski definition) is 1. The molecule has 3 unspecified atom stereocenters. The zero-order valence-corrected chi connectivity index (χ0v) is 11.5. The van der Waals surface area contributed by atoms with Crippen molar-refractivity contribution in [2.45, 2.75) is 64.0 Å². The lowest BCUT2D eigenvalue weighted by Gasteiger charge is -2.34. The Bertz CT molecular complexity index is 398. The summed E-state index contributed by atoms with van der Waals surface area (Å²) in [6.45, 7) is 2.26. The molecule has 3 atom stereocenters. The molecule has 1 heteroatoms. The third-order valence-electron chi connectivity index (χ3n) is 4.79. The topological polar surface area (TPSA) is 12.0 Å². The molecule has 1 aliphatic carbocycles. The molecule has 1 N–H and O–H groups in total. The zero-order valence-electron chi connectivity index (χ0n) is 11.5. The van der Waals surface area contributed by atoms with Crippen molar-refractivity contribution in [2.24, 2.45) is 5.92 Å². The molecular weight excluding hydrogens is 218 g/mol. The Morgan fingerprint density at radius 3 is 3.00 bits per heavy atom. The molecule has 1 aromatic rings. The van der Waals surface area contributed by atoms with Gasteiger partial charge in [0.1, 0.15) is 0 Å². The third kappa shape index (κ3) is 2.47. The molecule has 2 aliphatic rings. The molecule has 0 amide bonds. The molecule has 0 radical (unpaired) electrons. The van der Waals surface area contributed by atoms with E-state index in [2.05, 4.69) is 36.5 Å². The van der Waals surface area contributed by atoms with Crippen molar-refractivity contribution in [3.05, 3.63) is 35.4 Å². The first-order chi connectivity index (χ1) is 8.86. The Morgan fingerprint density at radius 2 is 2.11 bits per heavy atom. The molecule has 2 fully saturated rings. The number of aryl methyl sites for hydroxylation is 1. The number of piperidine rings is 1. The number of nitrogens with one attached hydrogen (secondary N) is 1. The van der Waals surface area contributed by atoms with Crippen molar-refractivity contribution in [3.8, 4) is 0 Å². The summed E-state index contributed by atoms with van der Waals surface area (Å²) in [6.07, 6.45) is 9.51. The van der Waals surface area contributed by atoms with Gasteiger partial charge in [-0.3, -0.25) is 0 Å². The van der Waals surface area contributed by atoms with Crippen molar-refractivity contribution in [3.63, 3.8) is 0 Å². The van der Waals surface area contributed by atoms with Crippen LogP contribution in [0.15, 0.2) is 24.3 Å². The van der Waals surface area contributed by atoms with Gasteiger partial charge in [0, 0.05) is 12.1 Å². The summed E-state index contributed by atoms with van der Waals surface area (Å²) in [5, 5.41) is 3.90. The van der Waals surface area contributed by atoms with Crippen LogP contribution >= 0.6 is 0 Å². The maximum absolute atomic E-state index is 3.90. The van der Waals surface area contributed by atoms with Gasteiger partial charge in [0.15, 0.2) is 0 Å². The second-order valence-electron chi connectivity index (χ2n) is 6.09. The fourth-order valence-electron chi connectivity index (χ4n) is 3.84. The van der Waals surface area contributed by atoms with Gasteiger partial charge in [-0.05, 0) is 49.1 Å². The van der Waals surface area contributed by atoms with E-state index < -0.39 is 0 Å². The summed E-state index contributed by atoms with van der Waals surface area (Å²) in [5.41, 5.74) is 3.02. The van der Waals surface area contributed by atoms with Gasteiger partial charge in [-0.2, -0.15) is 0 Å². The molecule has 0 aromatic heterocycles. The van der Waals surface area contributed by atoms with E-state index >= 15 is 0 Å². The average Bonchev–Trinajstić information content (AvgIpc) is 2.86. The molecule has 1 saturated heterocycles. The van der Waals surface area contributed by atoms with Crippen LogP contribution in [-0.2, 0) is 6.42 Å². The average molecular weight is 243 g/mol. The smallest absolute Gasteiger partial charge is 0.0322 e. The molecule has 1 aliphatic heterocycles. The van der Waals surface area contributed by atoms with Crippen molar-refractivity contribution in [1.29, 1.82) is 0 Å². The fourth-order valence-corrected chi connectivity index (χ4v) is 3.84. The van der Waals surface area contributed by atoms with Gasteiger partial charge in [0.05, 0.1) is 0 Å². The van der Waals surface area contributed by atoms with E-state index in [1.54, 1.807) is 0 Å². The summed E-state index contributed by atoms with van der Waals surface area (Å²) >= 11 is 0. The number of rotatable bonds is 3. The van der Waals surface area contributed by atoms with E-state index in [0.29, 0.717) is 6.04 Å². The van der Waals surface area contributed by atoms with Gasteiger partial charge in [-0.15, -0.1) is 0 Å². The Balaban J connectivity index is 1.72. The highest BCUT2D eigenvalue weighted by molar-refractivity contribution is 5.27.